The summed E-state index contributed by atoms with van der Waals surface area (Å²) in [5.74, 6) is -0.303. The van der Waals surface area contributed by atoms with Crippen molar-refractivity contribution in [2.45, 2.75) is 22.6 Å². The monoisotopic (exact) mass is 309 g/mol. The van der Waals surface area contributed by atoms with Crippen LogP contribution in [-0.4, -0.2) is 4.92 Å². The number of aryl methyl sites for hydroxylation is 2. The van der Waals surface area contributed by atoms with Gasteiger partial charge < -0.3 is 0 Å². The van der Waals surface area contributed by atoms with Crippen molar-refractivity contribution in [3.05, 3.63) is 62.4 Å². The number of hydrogen-bond acceptors (Lipinski definition) is 3. The van der Waals surface area contributed by atoms with Crippen LogP contribution in [0.3, 0.4) is 0 Å². The highest BCUT2D eigenvalue weighted by Gasteiger charge is 2.21. The zero-order valence-corrected chi connectivity index (χ0v) is 11.8. The van der Waals surface area contributed by atoms with Gasteiger partial charge in [0.05, 0.1) is 4.92 Å². The predicted molar refractivity (Wildman–Crippen MR) is 76.0 cm³/mol. The summed E-state index contributed by atoms with van der Waals surface area (Å²) in [5.41, 5.74) is 1.89. The minimum absolute atomic E-state index is 0.113. The minimum atomic E-state index is -0.499. The van der Waals surface area contributed by atoms with E-state index in [1.54, 1.807) is 12.1 Å². The number of fused-ring (bicyclic) bond motifs is 2. The summed E-state index contributed by atoms with van der Waals surface area (Å²) in [6, 6.07) is 7.78. The van der Waals surface area contributed by atoms with E-state index in [2.05, 4.69) is 0 Å². The number of nitro groups is 1. The normalized spacial score (nSPS) is 13.3. The Labute approximate surface area is 123 Å². The van der Waals surface area contributed by atoms with Crippen molar-refractivity contribution in [3.63, 3.8) is 0 Å². The van der Waals surface area contributed by atoms with Gasteiger partial charge in [-0.25, -0.2) is 4.39 Å². The van der Waals surface area contributed by atoms with Crippen molar-refractivity contribution in [2.24, 2.45) is 0 Å². The molecule has 0 saturated heterocycles. The first-order valence-corrected chi connectivity index (χ1v) is 7.17. The molecule has 2 aromatic rings. The maximum atomic E-state index is 13.3. The van der Waals surface area contributed by atoms with E-state index in [1.165, 1.54) is 30.0 Å². The first-order chi connectivity index (χ1) is 9.54. The van der Waals surface area contributed by atoms with Crippen molar-refractivity contribution in [3.8, 4) is 0 Å². The highest BCUT2D eigenvalue weighted by Crippen LogP contribution is 2.41. The average Bonchev–Trinajstić information content (AvgIpc) is 2.56. The predicted octanol–water partition coefficient (Wildman–Crippen LogP) is 4.64. The second kappa shape index (κ2) is 5.07. The molecule has 6 heteroatoms. The number of benzene rings is 2. The second-order valence-electron chi connectivity index (χ2n) is 4.52. The standard InChI is InChI=1S/C14H9ClFNO2S/c15-11-5-9-2-1-8-3-4-10(16)6-13(8)20-14(9)7-12(11)17(18)19/h3-7H,1-2H2. The maximum absolute atomic E-state index is 13.3. The summed E-state index contributed by atoms with van der Waals surface area (Å²) < 4.78 is 13.3. The van der Waals surface area contributed by atoms with Gasteiger partial charge in [-0.05, 0) is 42.2 Å². The van der Waals surface area contributed by atoms with Crippen LogP contribution in [0.25, 0.3) is 0 Å². The fourth-order valence-electron chi connectivity index (χ4n) is 2.23. The number of halogens is 2. The summed E-state index contributed by atoms with van der Waals surface area (Å²) in [6.07, 6.45) is 1.50. The van der Waals surface area contributed by atoms with Gasteiger partial charge >= 0.3 is 0 Å². The average molecular weight is 310 g/mol. The highest BCUT2D eigenvalue weighted by molar-refractivity contribution is 7.99. The van der Waals surface area contributed by atoms with Gasteiger partial charge in [0.1, 0.15) is 10.8 Å². The highest BCUT2D eigenvalue weighted by atomic mass is 35.5. The molecule has 0 spiro atoms. The third kappa shape index (κ3) is 2.39. The van der Waals surface area contributed by atoms with E-state index in [4.69, 9.17) is 11.6 Å². The quantitative estimate of drug-likeness (QED) is 0.569. The lowest BCUT2D eigenvalue weighted by molar-refractivity contribution is -0.384. The fourth-order valence-corrected chi connectivity index (χ4v) is 3.66. The van der Waals surface area contributed by atoms with Gasteiger partial charge in [-0.3, -0.25) is 10.1 Å². The van der Waals surface area contributed by atoms with Gasteiger partial charge in [-0.2, -0.15) is 0 Å². The maximum Gasteiger partial charge on any atom is 0.289 e. The molecule has 20 heavy (non-hydrogen) atoms. The molecule has 0 N–H and O–H groups in total. The molecule has 0 aromatic heterocycles. The smallest absolute Gasteiger partial charge is 0.258 e. The van der Waals surface area contributed by atoms with Gasteiger partial charge in [0.25, 0.3) is 5.69 Å². The van der Waals surface area contributed by atoms with Crippen molar-refractivity contribution in [1.29, 1.82) is 0 Å². The summed E-state index contributed by atoms with van der Waals surface area (Å²) in [4.78, 5) is 12.0. The molecule has 1 heterocycles. The molecule has 1 aliphatic rings. The Hall–Kier alpha value is -1.59. The Morgan fingerprint density at radius 1 is 1.15 bits per heavy atom. The number of hydrogen-bond donors (Lipinski definition) is 0. The topological polar surface area (TPSA) is 43.1 Å². The molecule has 0 fully saturated rings. The molecule has 0 radical (unpaired) electrons. The third-order valence-electron chi connectivity index (χ3n) is 3.24. The Morgan fingerprint density at radius 2 is 1.85 bits per heavy atom. The fraction of sp³-hybridized carbons (Fsp3) is 0.143. The molecule has 1 aliphatic heterocycles. The Bertz CT molecular complexity index is 721. The zero-order chi connectivity index (χ0) is 14.3. The van der Waals surface area contributed by atoms with Gasteiger partial charge in [0.2, 0.25) is 0 Å². The van der Waals surface area contributed by atoms with Crippen molar-refractivity contribution in [1.82, 2.24) is 0 Å². The van der Waals surface area contributed by atoms with E-state index in [0.29, 0.717) is 0 Å². The lowest BCUT2D eigenvalue weighted by Crippen LogP contribution is -1.94. The largest absolute Gasteiger partial charge is 0.289 e. The summed E-state index contributed by atoms with van der Waals surface area (Å²) in [6.45, 7) is 0. The van der Waals surface area contributed by atoms with Crippen molar-refractivity contribution in [2.75, 3.05) is 0 Å². The Balaban J connectivity index is 2.11. The second-order valence-corrected chi connectivity index (χ2v) is 6.01. The molecule has 0 saturated carbocycles. The Kier molecular flexibility index (Phi) is 3.40. The van der Waals surface area contributed by atoms with Crippen LogP contribution in [0.2, 0.25) is 5.02 Å². The lowest BCUT2D eigenvalue weighted by atomic mass is 10.0. The SMILES string of the molecule is O=[N+]([O-])c1cc2c(cc1Cl)CCc1ccc(F)cc1S2. The van der Waals surface area contributed by atoms with Crippen LogP contribution in [0.5, 0.6) is 0 Å². The van der Waals surface area contributed by atoms with Crippen molar-refractivity contribution >= 4 is 29.1 Å². The van der Waals surface area contributed by atoms with Crippen LogP contribution in [0.15, 0.2) is 40.1 Å². The van der Waals surface area contributed by atoms with E-state index in [0.717, 1.165) is 33.8 Å². The van der Waals surface area contributed by atoms with Crippen LogP contribution in [0, 0.1) is 15.9 Å². The van der Waals surface area contributed by atoms with E-state index in [9.17, 15) is 14.5 Å². The number of nitro benzene ring substituents is 1. The van der Waals surface area contributed by atoms with Crippen LogP contribution >= 0.6 is 23.4 Å². The molecule has 0 amide bonds. The van der Waals surface area contributed by atoms with E-state index in [-0.39, 0.29) is 16.5 Å². The van der Waals surface area contributed by atoms with E-state index < -0.39 is 4.92 Å². The molecular weight excluding hydrogens is 301 g/mol. The van der Waals surface area contributed by atoms with Gasteiger partial charge in [0.15, 0.2) is 0 Å². The molecule has 0 aliphatic carbocycles. The molecule has 2 aromatic carbocycles. The first-order valence-electron chi connectivity index (χ1n) is 5.97. The Morgan fingerprint density at radius 3 is 2.60 bits per heavy atom. The third-order valence-corrected chi connectivity index (χ3v) is 4.74. The summed E-state index contributed by atoms with van der Waals surface area (Å²) in [5, 5.41) is 11.1. The summed E-state index contributed by atoms with van der Waals surface area (Å²) >= 11 is 7.29. The first kappa shape index (κ1) is 13.4. The van der Waals surface area contributed by atoms with E-state index >= 15 is 0 Å². The minimum Gasteiger partial charge on any atom is -0.258 e. The van der Waals surface area contributed by atoms with Crippen LogP contribution in [0.4, 0.5) is 10.1 Å². The number of nitrogens with zero attached hydrogens (tertiary/aromatic N) is 1. The molecule has 3 rings (SSSR count). The molecule has 102 valence electrons. The molecule has 0 unspecified atom stereocenters. The molecular formula is C14H9ClFNO2S. The lowest BCUT2D eigenvalue weighted by Gasteiger charge is -2.06. The van der Waals surface area contributed by atoms with Gasteiger partial charge in [-0.1, -0.05) is 29.4 Å². The van der Waals surface area contributed by atoms with Crippen LogP contribution in [-0.2, 0) is 12.8 Å². The number of rotatable bonds is 1. The van der Waals surface area contributed by atoms with Crippen LogP contribution < -0.4 is 0 Å². The molecule has 0 atom stereocenters. The van der Waals surface area contributed by atoms with Crippen LogP contribution in [0.1, 0.15) is 11.1 Å². The van der Waals surface area contributed by atoms with Crippen molar-refractivity contribution < 1.29 is 9.31 Å². The van der Waals surface area contributed by atoms with Gasteiger partial charge in [0, 0.05) is 15.9 Å². The molecule has 0 bridgehead atoms. The zero-order valence-electron chi connectivity index (χ0n) is 10.2. The molecule has 3 nitrogen and oxygen atoms in total. The summed E-state index contributed by atoms with van der Waals surface area (Å²) in [7, 11) is 0. The van der Waals surface area contributed by atoms with E-state index in [1.807, 2.05) is 0 Å². The van der Waals surface area contributed by atoms with Gasteiger partial charge in [-0.15, -0.1) is 0 Å².